The Hall–Kier alpha value is -3.66. The fraction of sp³-hybridized carbons (Fsp3) is 0.0833. The summed E-state index contributed by atoms with van der Waals surface area (Å²) < 4.78 is 0. The van der Waals surface area contributed by atoms with Crippen molar-refractivity contribution >= 4 is 28.2 Å². The minimum atomic E-state index is -0.144. The molecule has 0 fully saturated rings. The van der Waals surface area contributed by atoms with Gasteiger partial charge >= 0.3 is 0 Å². The van der Waals surface area contributed by atoms with Crippen molar-refractivity contribution in [3.05, 3.63) is 102 Å². The van der Waals surface area contributed by atoms with E-state index in [1.807, 2.05) is 79.8 Å². The number of carbonyl (C=O) groups is 1. The molecule has 28 heavy (non-hydrogen) atoms. The quantitative estimate of drug-likeness (QED) is 0.532. The second kappa shape index (κ2) is 7.92. The molecule has 0 saturated heterocycles. The number of fused-ring (bicyclic) bond motifs is 1. The van der Waals surface area contributed by atoms with Crippen molar-refractivity contribution in [3.8, 4) is 0 Å². The average molecular weight is 367 g/mol. The van der Waals surface area contributed by atoms with Gasteiger partial charge in [-0.3, -0.25) is 9.78 Å². The zero-order chi connectivity index (χ0) is 19.3. The van der Waals surface area contributed by atoms with E-state index >= 15 is 0 Å². The van der Waals surface area contributed by atoms with Crippen LogP contribution in [0.2, 0.25) is 0 Å². The van der Waals surface area contributed by atoms with Gasteiger partial charge in [-0.1, -0.05) is 48.5 Å². The molecule has 4 rings (SSSR count). The smallest absolute Gasteiger partial charge is 0.255 e. The van der Waals surface area contributed by atoms with E-state index in [-0.39, 0.29) is 5.91 Å². The third-order valence-electron chi connectivity index (χ3n) is 4.68. The molecule has 0 radical (unpaired) electrons. The van der Waals surface area contributed by atoms with Crippen LogP contribution in [0.15, 0.2) is 91.1 Å². The van der Waals surface area contributed by atoms with Crippen LogP contribution >= 0.6 is 0 Å². The molecule has 1 N–H and O–H groups in total. The van der Waals surface area contributed by atoms with E-state index in [9.17, 15) is 4.79 Å². The second-order valence-electron chi connectivity index (χ2n) is 6.76. The molecule has 1 aromatic heterocycles. The van der Waals surface area contributed by atoms with Crippen molar-refractivity contribution in [3.63, 3.8) is 0 Å². The fourth-order valence-electron chi connectivity index (χ4n) is 3.16. The molecule has 0 bridgehead atoms. The van der Waals surface area contributed by atoms with Crippen molar-refractivity contribution in [2.45, 2.75) is 6.54 Å². The van der Waals surface area contributed by atoms with E-state index in [0.29, 0.717) is 11.3 Å². The van der Waals surface area contributed by atoms with Crippen molar-refractivity contribution < 1.29 is 4.79 Å². The van der Waals surface area contributed by atoms with Gasteiger partial charge in [0, 0.05) is 30.2 Å². The molecule has 0 unspecified atom stereocenters. The monoisotopic (exact) mass is 367 g/mol. The summed E-state index contributed by atoms with van der Waals surface area (Å²) >= 11 is 0. The molecule has 1 heterocycles. The van der Waals surface area contributed by atoms with Gasteiger partial charge in [0.25, 0.3) is 5.91 Å². The lowest BCUT2D eigenvalue weighted by molar-refractivity contribution is 0.102. The lowest BCUT2D eigenvalue weighted by Crippen LogP contribution is -2.17. The van der Waals surface area contributed by atoms with Gasteiger partial charge in [0.15, 0.2) is 0 Å². The number of rotatable bonds is 5. The third-order valence-corrected chi connectivity index (χ3v) is 4.68. The van der Waals surface area contributed by atoms with Crippen molar-refractivity contribution in [1.29, 1.82) is 0 Å². The summed E-state index contributed by atoms with van der Waals surface area (Å²) in [6, 6.07) is 27.7. The molecule has 0 atom stereocenters. The van der Waals surface area contributed by atoms with Crippen molar-refractivity contribution in [2.75, 3.05) is 17.3 Å². The van der Waals surface area contributed by atoms with Crippen LogP contribution in [0.4, 0.5) is 11.4 Å². The van der Waals surface area contributed by atoms with Gasteiger partial charge in [-0.05, 0) is 42.0 Å². The van der Waals surface area contributed by atoms with Crippen LogP contribution in [0.1, 0.15) is 15.9 Å². The number of benzene rings is 3. The molecular formula is C24H21N3O. The number of amides is 1. The highest BCUT2D eigenvalue weighted by Crippen LogP contribution is 2.19. The van der Waals surface area contributed by atoms with E-state index in [1.165, 1.54) is 5.56 Å². The zero-order valence-corrected chi connectivity index (χ0v) is 15.7. The lowest BCUT2D eigenvalue weighted by Gasteiger charge is -2.19. The Labute approximate surface area is 164 Å². The number of anilines is 2. The van der Waals surface area contributed by atoms with Crippen LogP contribution in [-0.2, 0) is 6.54 Å². The number of para-hydroxylation sites is 1. The minimum Gasteiger partial charge on any atom is -0.370 e. The zero-order valence-electron chi connectivity index (χ0n) is 15.7. The summed E-state index contributed by atoms with van der Waals surface area (Å²) in [5.41, 5.74) is 4.52. The predicted octanol–water partition coefficient (Wildman–Crippen LogP) is 5.12. The molecular weight excluding hydrogens is 346 g/mol. The number of hydrogen-bond acceptors (Lipinski definition) is 3. The van der Waals surface area contributed by atoms with E-state index < -0.39 is 0 Å². The molecule has 4 nitrogen and oxygen atoms in total. The average Bonchev–Trinajstić information content (AvgIpc) is 2.74. The molecule has 138 valence electrons. The fourth-order valence-corrected chi connectivity index (χ4v) is 3.16. The maximum Gasteiger partial charge on any atom is 0.255 e. The maximum atomic E-state index is 12.6. The summed E-state index contributed by atoms with van der Waals surface area (Å²) in [6.45, 7) is 0.815. The summed E-state index contributed by atoms with van der Waals surface area (Å²) in [7, 11) is 2.04. The van der Waals surface area contributed by atoms with Crippen LogP contribution in [-0.4, -0.2) is 17.9 Å². The Balaban J connectivity index is 1.44. The molecule has 4 heteroatoms. The van der Waals surface area contributed by atoms with Crippen LogP contribution in [0, 0.1) is 0 Å². The Kier molecular flexibility index (Phi) is 5.02. The number of nitrogens with one attached hydrogen (secondary N) is 1. The maximum absolute atomic E-state index is 12.6. The molecule has 0 aliphatic rings. The number of carbonyl (C=O) groups excluding carboxylic acids is 1. The van der Waals surface area contributed by atoms with Gasteiger partial charge in [0.2, 0.25) is 0 Å². The Morgan fingerprint density at radius 1 is 0.929 bits per heavy atom. The highest BCUT2D eigenvalue weighted by Gasteiger charge is 2.08. The largest absolute Gasteiger partial charge is 0.370 e. The molecule has 0 aliphatic carbocycles. The first-order chi connectivity index (χ1) is 13.7. The number of pyridine rings is 1. The molecule has 1 amide bonds. The minimum absolute atomic E-state index is 0.144. The van der Waals surface area contributed by atoms with Gasteiger partial charge < -0.3 is 10.2 Å². The summed E-state index contributed by atoms with van der Waals surface area (Å²) in [5, 5.41) is 3.92. The standard InChI is InChI=1S/C24H21N3O/c1-27(17-18-7-3-2-4-8-18)22-13-11-19(12-14-22)24(28)26-21-15-20-9-5-6-10-23(20)25-16-21/h2-16H,17H2,1H3,(H,26,28). The molecule has 4 aromatic rings. The second-order valence-corrected chi connectivity index (χ2v) is 6.76. The van der Waals surface area contributed by atoms with Gasteiger partial charge in [-0.2, -0.15) is 0 Å². The third kappa shape index (κ3) is 4.01. The van der Waals surface area contributed by atoms with Gasteiger partial charge in [-0.25, -0.2) is 0 Å². The first kappa shape index (κ1) is 17.7. The highest BCUT2D eigenvalue weighted by atomic mass is 16.1. The van der Waals surface area contributed by atoms with Crippen molar-refractivity contribution in [1.82, 2.24) is 4.98 Å². The number of hydrogen-bond donors (Lipinski definition) is 1. The van der Waals surface area contributed by atoms with E-state index in [0.717, 1.165) is 23.1 Å². The lowest BCUT2D eigenvalue weighted by atomic mass is 10.1. The Morgan fingerprint density at radius 3 is 2.43 bits per heavy atom. The Bertz CT molecular complexity index is 1090. The van der Waals surface area contributed by atoms with Gasteiger partial charge in [-0.15, -0.1) is 0 Å². The van der Waals surface area contributed by atoms with Crippen LogP contribution in [0.25, 0.3) is 10.9 Å². The first-order valence-electron chi connectivity index (χ1n) is 9.20. The Morgan fingerprint density at radius 2 is 1.64 bits per heavy atom. The van der Waals surface area contributed by atoms with Crippen molar-refractivity contribution in [2.24, 2.45) is 0 Å². The summed E-state index contributed by atoms with van der Waals surface area (Å²) in [5.74, 6) is -0.144. The van der Waals surface area contributed by atoms with Crippen LogP contribution in [0.5, 0.6) is 0 Å². The predicted molar refractivity (Wildman–Crippen MR) is 115 cm³/mol. The highest BCUT2D eigenvalue weighted by molar-refractivity contribution is 6.05. The molecule has 3 aromatic carbocycles. The topological polar surface area (TPSA) is 45.2 Å². The first-order valence-corrected chi connectivity index (χ1v) is 9.20. The molecule has 0 spiro atoms. The van der Waals surface area contributed by atoms with Crippen LogP contribution < -0.4 is 10.2 Å². The molecule has 0 aliphatic heterocycles. The van der Waals surface area contributed by atoms with Crippen LogP contribution in [0.3, 0.4) is 0 Å². The molecule has 0 saturated carbocycles. The summed E-state index contributed by atoms with van der Waals surface area (Å²) in [6.07, 6.45) is 1.68. The summed E-state index contributed by atoms with van der Waals surface area (Å²) in [4.78, 5) is 19.1. The van der Waals surface area contributed by atoms with Gasteiger partial charge in [0.05, 0.1) is 17.4 Å². The van der Waals surface area contributed by atoms with E-state index in [2.05, 4.69) is 27.3 Å². The number of aromatic nitrogens is 1. The SMILES string of the molecule is CN(Cc1ccccc1)c1ccc(C(=O)Nc2cnc3ccccc3c2)cc1. The normalized spacial score (nSPS) is 10.6. The van der Waals surface area contributed by atoms with E-state index in [4.69, 9.17) is 0 Å². The number of nitrogens with zero attached hydrogens (tertiary/aromatic N) is 2. The van der Waals surface area contributed by atoms with Gasteiger partial charge in [0.1, 0.15) is 0 Å². The van der Waals surface area contributed by atoms with E-state index in [1.54, 1.807) is 6.20 Å².